The van der Waals surface area contributed by atoms with Crippen LogP contribution in [-0.4, -0.2) is 41.0 Å². The van der Waals surface area contributed by atoms with Crippen molar-refractivity contribution in [1.82, 2.24) is 4.90 Å². The minimum Gasteiger partial charge on any atom is -0.481 e. The summed E-state index contributed by atoms with van der Waals surface area (Å²) in [6.07, 6.45) is 1.75. The predicted octanol–water partition coefficient (Wildman–Crippen LogP) is 1.37. The predicted molar refractivity (Wildman–Crippen MR) is 79.8 cm³/mol. The molecule has 5 nitrogen and oxygen atoms in total. The lowest BCUT2D eigenvalue weighted by Gasteiger charge is -2.33. The smallest absolute Gasteiger partial charge is 0.314 e. The van der Waals surface area contributed by atoms with E-state index in [-0.39, 0.29) is 18.4 Å². The summed E-state index contributed by atoms with van der Waals surface area (Å²) in [5.41, 5.74) is 5.32. The normalized spacial score (nSPS) is 21.6. The Morgan fingerprint density at radius 1 is 1.38 bits per heavy atom. The third-order valence-electron chi connectivity index (χ3n) is 4.20. The third-order valence-corrected chi connectivity index (χ3v) is 4.20. The van der Waals surface area contributed by atoms with E-state index in [2.05, 4.69) is 0 Å². The summed E-state index contributed by atoms with van der Waals surface area (Å²) in [6.45, 7) is 2.78. The van der Waals surface area contributed by atoms with Crippen LogP contribution in [0.3, 0.4) is 0 Å². The molecule has 0 aliphatic carbocycles. The number of benzene rings is 1. The van der Waals surface area contributed by atoms with Gasteiger partial charge in [-0.3, -0.25) is 9.59 Å². The Kier molecular flexibility index (Phi) is 4.63. The first-order valence-electron chi connectivity index (χ1n) is 7.26. The molecule has 2 atom stereocenters. The number of amides is 1. The summed E-state index contributed by atoms with van der Waals surface area (Å²) in [6, 6.07) is 8.91. The average Bonchev–Trinajstić information content (AvgIpc) is 2.47. The minimum absolute atomic E-state index is 0.00416. The molecule has 1 fully saturated rings. The van der Waals surface area contributed by atoms with Crippen LogP contribution >= 0.6 is 0 Å². The molecule has 0 saturated carbocycles. The molecule has 1 heterocycles. The number of carbonyl (C=O) groups excluding carboxylic acids is 1. The van der Waals surface area contributed by atoms with Gasteiger partial charge in [-0.1, -0.05) is 30.3 Å². The van der Waals surface area contributed by atoms with Crippen molar-refractivity contribution >= 4 is 11.9 Å². The van der Waals surface area contributed by atoms with Gasteiger partial charge in [-0.05, 0) is 25.3 Å². The molecule has 3 N–H and O–H groups in total. The van der Waals surface area contributed by atoms with Crippen LogP contribution in [0.25, 0.3) is 0 Å². The molecule has 1 aliphatic rings. The number of nitrogens with zero attached hydrogens (tertiary/aromatic N) is 1. The van der Waals surface area contributed by atoms with Gasteiger partial charge < -0.3 is 15.7 Å². The topological polar surface area (TPSA) is 83.6 Å². The molecule has 21 heavy (non-hydrogen) atoms. The van der Waals surface area contributed by atoms with Gasteiger partial charge in [0.05, 0.1) is 5.41 Å². The number of carboxylic acids is 1. The molecule has 0 aromatic heterocycles. The SMILES string of the molecule is CC(CC(=O)N1CCCC(N)C1)(C(=O)O)c1ccccc1. The number of carboxylic acid groups (broad SMARTS) is 1. The Bertz CT molecular complexity index is 518. The summed E-state index contributed by atoms with van der Waals surface area (Å²) in [5, 5.41) is 9.59. The maximum absolute atomic E-state index is 12.4. The largest absolute Gasteiger partial charge is 0.481 e. The fourth-order valence-corrected chi connectivity index (χ4v) is 2.76. The zero-order chi connectivity index (χ0) is 15.5. The van der Waals surface area contributed by atoms with Crippen molar-refractivity contribution in [2.24, 2.45) is 5.73 Å². The van der Waals surface area contributed by atoms with Gasteiger partial charge in [-0.15, -0.1) is 0 Å². The van der Waals surface area contributed by atoms with Gasteiger partial charge in [0.25, 0.3) is 0 Å². The zero-order valence-electron chi connectivity index (χ0n) is 12.3. The molecule has 1 aromatic rings. The first-order valence-corrected chi connectivity index (χ1v) is 7.26. The van der Waals surface area contributed by atoms with Crippen LogP contribution in [0.1, 0.15) is 31.7 Å². The highest BCUT2D eigenvalue weighted by Gasteiger charge is 2.39. The summed E-state index contributed by atoms with van der Waals surface area (Å²) in [5.74, 6) is -1.12. The standard InChI is InChI=1S/C16H22N2O3/c1-16(15(20)21,12-6-3-2-4-7-12)10-14(19)18-9-5-8-13(17)11-18/h2-4,6-7,13H,5,8-11,17H2,1H3,(H,20,21). The van der Waals surface area contributed by atoms with Crippen LogP contribution in [0.15, 0.2) is 30.3 Å². The van der Waals surface area contributed by atoms with Crippen LogP contribution in [0.4, 0.5) is 0 Å². The maximum Gasteiger partial charge on any atom is 0.314 e. The molecule has 0 radical (unpaired) electrons. The minimum atomic E-state index is -1.21. The second-order valence-electron chi connectivity index (χ2n) is 5.92. The van der Waals surface area contributed by atoms with Crippen molar-refractivity contribution in [3.05, 3.63) is 35.9 Å². The number of carbonyl (C=O) groups is 2. The molecular weight excluding hydrogens is 268 g/mol. The Morgan fingerprint density at radius 3 is 2.62 bits per heavy atom. The van der Waals surface area contributed by atoms with E-state index in [0.717, 1.165) is 12.8 Å². The Labute approximate surface area is 124 Å². The van der Waals surface area contributed by atoms with E-state index < -0.39 is 11.4 Å². The van der Waals surface area contributed by atoms with Crippen molar-refractivity contribution in [2.75, 3.05) is 13.1 Å². The lowest BCUT2D eigenvalue weighted by atomic mass is 9.79. The van der Waals surface area contributed by atoms with Crippen LogP contribution in [0.5, 0.6) is 0 Å². The number of aliphatic carboxylic acids is 1. The fourth-order valence-electron chi connectivity index (χ4n) is 2.76. The number of likely N-dealkylation sites (tertiary alicyclic amines) is 1. The summed E-state index contributed by atoms with van der Waals surface area (Å²) < 4.78 is 0. The highest BCUT2D eigenvalue weighted by atomic mass is 16.4. The van der Waals surface area contributed by atoms with E-state index >= 15 is 0 Å². The monoisotopic (exact) mass is 290 g/mol. The van der Waals surface area contributed by atoms with E-state index in [1.54, 1.807) is 36.1 Å². The maximum atomic E-state index is 12.4. The van der Waals surface area contributed by atoms with Gasteiger partial charge in [-0.25, -0.2) is 0 Å². The first-order chi connectivity index (χ1) is 9.93. The lowest BCUT2D eigenvalue weighted by molar-refractivity contribution is -0.147. The molecule has 114 valence electrons. The van der Waals surface area contributed by atoms with Crippen molar-refractivity contribution in [2.45, 2.75) is 37.6 Å². The van der Waals surface area contributed by atoms with Gasteiger partial charge in [0.15, 0.2) is 0 Å². The molecule has 0 spiro atoms. The molecule has 5 heteroatoms. The molecule has 1 aliphatic heterocycles. The van der Waals surface area contributed by atoms with Gasteiger partial charge >= 0.3 is 5.97 Å². The number of piperidine rings is 1. The van der Waals surface area contributed by atoms with E-state index in [9.17, 15) is 14.7 Å². The number of hydrogen-bond donors (Lipinski definition) is 2. The number of nitrogens with two attached hydrogens (primary N) is 1. The van der Waals surface area contributed by atoms with E-state index in [0.29, 0.717) is 18.7 Å². The molecular formula is C16H22N2O3. The van der Waals surface area contributed by atoms with Crippen molar-refractivity contribution in [3.63, 3.8) is 0 Å². The van der Waals surface area contributed by atoms with Crippen LogP contribution in [-0.2, 0) is 15.0 Å². The van der Waals surface area contributed by atoms with Crippen molar-refractivity contribution < 1.29 is 14.7 Å². The Morgan fingerprint density at radius 2 is 2.05 bits per heavy atom. The second-order valence-corrected chi connectivity index (χ2v) is 5.92. The molecule has 1 amide bonds. The fraction of sp³-hybridized carbons (Fsp3) is 0.500. The van der Waals surface area contributed by atoms with Crippen LogP contribution in [0, 0.1) is 0 Å². The highest BCUT2D eigenvalue weighted by molar-refractivity contribution is 5.89. The molecule has 2 unspecified atom stereocenters. The zero-order valence-corrected chi connectivity index (χ0v) is 12.3. The highest BCUT2D eigenvalue weighted by Crippen LogP contribution is 2.29. The third kappa shape index (κ3) is 3.42. The number of rotatable bonds is 4. The second kappa shape index (κ2) is 6.26. The molecule has 2 rings (SSSR count). The number of hydrogen-bond acceptors (Lipinski definition) is 3. The van der Waals surface area contributed by atoms with Gasteiger partial charge in [0, 0.05) is 25.6 Å². The van der Waals surface area contributed by atoms with Gasteiger partial charge in [-0.2, -0.15) is 0 Å². The Hall–Kier alpha value is -1.88. The van der Waals surface area contributed by atoms with Gasteiger partial charge in [0.1, 0.15) is 0 Å². The lowest BCUT2D eigenvalue weighted by Crippen LogP contribution is -2.48. The Balaban J connectivity index is 2.17. The van der Waals surface area contributed by atoms with Gasteiger partial charge in [0.2, 0.25) is 5.91 Å². The summed E-state index contributed by atoms with van der Waals surface area (Å²) >= 11 is 0. The quantitative estimate of drug-likeness (QED) is 0.877. The van der Waals surface area contributed by atoms with Crippen LogP contribution < -0.4 is 5.73 Å². The first kappa shape index (κ1) is 15.5. The van der Waals surface area contributed by atoms with E-state index in [4.69, 9.17) is 5.73 Å². The molecule has 1 saturated heterocycles. The van der Waals surface area contributed by atoms with E-state index in [1.165, 1.54) is 0 Å². The van der Waals surface area contributed by atoms with E-state index in [1.807, 2.05) is 6.07 Å². The average molecular weight is 290 g/mol. The summed E-state index contributed by atoms with van der Waals surface area (Å²) in [7, 11) is 0. The summed E-state index contributed by atoms with van der Waals surface area (Å²) in [4.78, 5) is 25.8. The van der Waals surface area contributed by atoms with Crippen molar-refractivity contribution in [1.29, 1.82) is 0 Å². The molecule has 0 bridgehead atoms. The molecule has 1 aromatic carbocycles. The van der Waals surface area contributed by atoms with Crippen molar-refractivity contribution in [3.8, 4) is 0 Å². The van der Waals surface area contributed by atoms with Crippen LogP contribution in [0.2, 0.25) is 0 Å².